The molecule has 100 valence electrons. The van der Waals surface area contributed by atoms with Crippen LogP contribution >= 0.6 is 12.4 Å². The maximum Gasteiger partial charge on any atom is 0.240 e. The van der Waals surface area contributed by atoms with Crippen LogP contribution in [-0.4, -0.2) is 34.9 Å². The molecular formula is C13H20ClN3O. The van der Waals surface area contributed by atoms with Crippen LogP contribution in [0.4, 0.5) is 0 Å². The summed E-state index contributed by atoms with van der Waals surface area (Å²) in [6, 6.07) is 5.81. The van der Waals surface area contributed by atoms with Crippen molar-refractivity contribution in [1.29, 1.82) is 0 Å². The first-order valence-corrected chi connectivity index (χ1v) is 6.23. The first-order valence-electron chi connectivity index (χ1n) is 6.23. The van der Waals surface area contributed by atoms with Crippen molar-refractivity contribution < 1.29 is 4.79 Å². The predicted molar refractivity (Wildman–Crippen MR) is 73.6 cm³/mol. The summed E-state index contributed by atoms with van der Waals surface area (Å²) in [6.07, 6.45) is 3.82. The summed E-state index contributed by atoms with van der Waals surface area (Å²) < 4.78 is 0. The van der Waals surface area contributed by atoms with Crippen LogP contribution < -0.4 is 5.32 Å². The quantitative estimate of drug-likeness (QED) is 0.903. The van der Waals surface area contributed by atoms with Gasteiger partial charge in [0.15, 0.2) is 0 Å². The van der Waals surface area contributed by atoms with Crippen molar-refractivity contribution in [2.24, 2.45) is 0 Å². The molecule has 5 heteroatoms. The molecule has 0 bridgehead atoms. The Kier molecular flexibility index (Phi) is 6.09. The Hall–Kier alpha value is -1.13. The van der Waals surface area contributed by atoms with Gasteiger partial charge in [-0.3, -0.25) is 9.78 Å². The molecule has 1 aromatic rings. The molecule has 0 radical (unpaired) electrons. The molecule has 4 nitrogen and oxygen atoms in total. The molecule has 0 saturated carbocycles. The second-order valence-corrected chi connectivity index (χ2v) is 4.32. The molecule has 18 heavy (non-hydrogen) atoms. The van der Waals surface area contributed by atoms with Crippen molar-refractivity contribution in [1.82, 2.24) is 15.2 Å². The molecular weight excluding hydrogens is 250 g/mol. The maximum absolute atomic E-state index is 12.2. The van der Waals surface area contributed by atoms with Crippen LogP contribution in [0.1, 0.15) is 25.5 Å². The zero-order valence-electron chi connectivity index (χ0n) is 10.6. The highest BCUT2D eigenvalue weighted by atomic mass is 35.5. The van der Waals surface area contributed by atoms with Gasteiger partial charge in [-0.1, -0.05) is 6.07 Å². The number of aromatic nitrogens is 1. The van der Waals surface area contributed by atoms with Crippen LogP contribution in [-0.2, 0) is 11.3 Å². The van der Waals surface area contributed by atoms with Crippen molar-refractivity contribution in [2.75, 3.05) is 13.1 Å². The smallest absolute Gasteiger partial charge is 0.240 e. The van der Waals surface area contributed by atoms with E-state index in [9.17, 15) is 4.79 Å². The van der Waals surface area contributed by atoms with Crippen molar-refractivity contribution in [3.8, 4) is 0 Å². The van der Waals surface area contributed by atoms with E-state index >= 15 is 0 Å². The highest BCUT2D eigenvalue weighted by Gasteiger charge is 2.26. The van der Waals surface area contributed by atoms with Crippen LogP contribution in [0.3, 0.4) is 0 Å². The minimum absolute atomic E-state index is 0. The number of hydrogen-bond donors (Lipinski definition) is 1. The van der Waals surface area contributed by atoms with Crippen LogP contribution in [0.25, 0.3) is 0 Å². The van der Waals surface area contributed by atoms with Gasteiger partial charge in [-0.2, -0.15) is 0 Å². The van der Waals surface area contributed by atoms with Crippen molar-refractivity contribution >= 4 is 18.3 Å². The fraction of sp³-hybridized carbons (Fsp3) is 0.538. The first kappa shape index (κ1) is 14.9. The predicted octanol–water partition coefficient (Wildman–Crippen LogP) is 1.60. The number of halogens is 1. The summed E-state index contributed by atoms with van der Waals surface area (Å²) in [5.41, 5.74) is 0.945. The van der Waals surface area contributed by atoms with Gasteiger partial charge in [0.2, 0.25) is 5.91 Å². The SMILES string of the molecule is CCN(Cc1ccccn1)C(=O)C1CCCN1.Cl. The number of amides is 1. The number of likely N-dealkylation sites (N-methyl/N-ethyl adjacent to an activating group) is 1. The summed E-state index contributed by atoms with van der Waals surface area (Å²) in [7, 11) is 0. The van der Waals surface area contributed by atoms with Gasteiger partial charge in [0, 0.05) is 12.7 Å². The largest absolute Gasteiger partial charge is 0.336 e. The molecule has 1 aliphatic rings. The number of hydrogen-bond acceptors (Lipinski definition) is 3. The van der Waals surface area contributed by atoms with E-state index < -0.39 is 0 Å². The van der Waals surface area contributed by atoms with Gasteiger partial charge in [0.1, 0.15) is 0 Å². The number of rotatable bonds is 4. The van der Waals surface area contributed by atoms with Gasteiger partial charge in [-0.25, -0.2) is 0 Å². The molecule has 1 fully saturated rings. The van der Waals surface area contributed by atoms with Gasteiger partial charge < -0.3 is 10.2 Å². The standard InChI is InChI=1S/C13H19N3O.ClH/c1-2-16(10-11-6-3-4-8-14-11)13(17)12-7-5-9-15-12;/h3-4,6,8,12,15H,2,5,7,9-10H2,1H3;1H. The first-order chi connectivity index (χ1) is 8.31. The lowest BCUT2D eigenvalue weighted by Gasteiger charge is -2.23. The van der Waals surface area contributed by atoms with E-state index in [4.69, 9.17) is 0 Å². The Morgan fingerprint density at radius 3 is 2.94 bits per heavy atom. The second-order valence-electron chi connectivity index (χ2n) is 4.32. The number of nitrogens with zero attached hydrogens (tertiary/aromatic N) is 2. The molecule has 1 aromatic heterocycles. The molecule has 0 aliphatic carbocycles. The summed E-state index contributed by atoms with van der Waals surface area (Å²) in [4.78, 5) is 18.3. The molecule has 1 saturated heterocycles. The molecule has 1 unspecified atom stereocenters. The van der Waals surface area contributed by atoms with E-state index in [1.165, 1.54) is 0 Å². The fourth-order valence-electron chi connectivity index (χ4n) is 2.15. The van der Waals surface area contributed by atoms with E-state index in [0.29, 0.717) is 6.54 Å². The van der Waals surface area contributed by atoms with Crippen molar-refractivity contribution in [3.63, 3.8) is 0 Å². The number of nitrogens with one attached hydrogen (secondary N) is 1. The lowest BCUT2D eigenvalue weighted by molar-refractivity contribution is -0.133. The molecule has 1 amide bonds. The van der Waals surface area contributed by atoms with Crippen LogP contribution in [0, 0.1) is 0 Å². The zero-order valence-corrected chi connectivity index (χ0v) is 11.4. The Morgan fingerprint density at radius 2 is 2.39 bits per heavy atom. The van der Waals surface area contributed by atoms with Crippen LogP contribution in [0.15, 0.2) is 24.4 Å². The average molecular weight is 270 g/mol. The van der Waals surface area contributed by atoms with E-state index in [1.54, 1.807) is 6.20 Å². The Labute approximate surface area is 114 Å². The minimum Gasteiger partial charge on any atom is -0.336 e. The van der Waals surface area contributed by atoms with Gasteiger partial charge in [-0.15, -0.1) is 12.4 Å². The Balaban J connectivity index is 0.00000162. The highest BCUT2D eigenvalue weighted by molar-refractivity contribution is 5.85. The zero-order chi connectivity index (χ0) is 12.1. The van der Waals surface area contributed by atoms with E-state index in [-0.39, 0.29) is 24.4 Å². The van der Waals surface area contributed by atoms with E-state index in [1.807, 2.05) is 30.0 Å². The van der Waals surface area contributed by atoms with Gasteiger partial charge in [0.05, 0.1) is 18.3 Å². The number of pyridine rings is 1. The van der Waals surface area contributed by atoms with Gasteiger partial charge in [0.25, 0.3) is 0 Å². The van der Waals surface area contributed by atoms with Crippen LogP contribution in [0.5, 0.6) is 0 Å². The molecule has 0 aromatic carbocycles. The maximum atomic E-state index is 12.2. The molecule has 2 heterocycles. The second kappa shape index (κ2) is 7.34. The van der Waals surface area contributed by atoms with Crippen molar-refractivity contribution in [2.45, 2.75) is 32.4 Å². The monoisotopic (exact) mass is 269 g/mol. The van der Waals surface area contributed by atoms with Gasteiger partial charge >= 0.3 is 0 Å². The Bertz CT molecular complexity index is 366. The molecule has 2 rings (SSSR count). The molecule has 0 spiro atoms. The number of carbonyl (C=O) groups excluding carboxylic acids is 1. The molecule has 1 aliphatic heterocycles. The summed E-state index contributed by atoms with van der Waals surface area (Å²) in [5.74, 6) is 0.204. The third kappa shape index (κ3) is 3.68. The third-order valence-electron chi connectivity index (χ3n) is 3.13. The highest BCUT2D eigenvalue weighted by Crippen LogP contribution is 2.10. The average Bonchev–Trinajstić information content (AvgIpc) is 2.90. The fourth-order valence-corrected chi connectivity index (χ4v) is 2.15. The lowest BCUT2D eigenvalue weighted by atomic mass is 10.2. The summed E-state index contributed by atoms with van der Waals surface area (Å²) >= 11 is 0. The Morgan fingerprint density at radius 1 is 1.56 bits per heavy atom. The van der Waals surface area contributed by atoms with E-state index in [0.717, 1.165) is 31.6 Å². The van der Waals surface area contributed by atoms with Crippen LogP contribution in [0.2, 0.25) is 0 Å². The molecule has 1 atom stereocenters. The lowest BCUT2D eigenvalue weighted by Crippen LogP contribution is -2.43. The molecule has 1 N–H and O–H groups in total. The summed E-state index contributed by atoms with van der Waals surface area (Å²) in [5, 5.41) is 3.25. The minimum atomic E-state index is 0. The van der Waals surface area contributed by atoms with E-state index in [2.05, 4.69) is 10.3 Å². The van der Waals surface area contributed by atoms with Gasteiger partial charge in [-0.05, 0) is 38.4 Å². The van der Waals surface area contributed by atoms with Crippen molar-refractivity contribution in [3.05, 3.63) is 30.1 Å². The summed E-state index contributed by atoms with van der Waals surface area (Å²) in [6.45, 7) is 4.30. The third-order valence-corrected chi connectivity index (χ3v) is 3.13. The topological polar surface area (TPSA) is 45.2 Å². The normalized spacial score (nSPS) is 18.2. The number of carbonyl (C=O) groups is 1.